The fourth-order valence-corrected chi connectivity index (χ4v) is 2.39. The predicted octanol–water partition coefficient (Wildman–Crippen LogP) is 4.77. The van der Waals surface area contributed by atoms with Crippen LogP contribution in [-0.2, 0) is 6.42 Å². The summed E-state index contributed by atoms with van der Waals surface area (Å²) in [5, 5.41) is 0.726. The summed E-state index contributed by atoms with van der Waals surface area (Å²) in [5.41, 5.74) is 1.68. The Morgan fingerprint density at radius 1 is 1.20 bits per heavy atom. The Balaban J connectivity index is 2.01. The number of ketones is 1. The highest BCUT2D eigenvalue weighted by Gasteiger charge is 2.07. The molecule has 0 unspecified atom stereocenters. The molecular formula is C16H14ClIO2. The second-order valence-electron chi connectivity index (χ2n) is 4.33. The van der Waals surface area contributed by atoms with Crippen LogP contribution in [-0.4, -0.2) is 12.4 Å². The molecule has 0 aromatic heterocycles. The van der Waals surface area contributed by atoms with Gasteiger partial charge in [0.25, 0.3) is 0 Å². The number of Topliss-reactive ketones (excluding diaryl/α,β-unsaturated/α-hetero) is 1. The van der Waals surface area contributed by atoms with Crippen LogP contribution >= 0.6 is 34.2 Å². The van der Waals surface area contributed by atoms with E-state index in [-0.39, 0.29) is 12.4 Å². The average Bonchev–Trinajstić information content (AvgIpc) is 2.46. The summed E-state index contributed by atoms with van der Waals surface area (Å²) in [6.07, 6.45) is 0.834. The SMILES string of the molecule is CCc1cc(OCC(=O)c2ccc(I)cc2)ccc1Cl. The molecule has 0 fully saturated rings. The summed E-state index contributed by atoms with van der Waals surface area (Å²) in [5.74, 6) is 0.638. The average molecular weight is 401 g/mol. The maximum absolute atomic E-state index is 12.0. The summed E-state index contributed by atoms with van der Waals surface area (Å²) < 4.78 is 6.64. The van der Waals surface area contributed by atoms with Gasteiger partial charge in [0.05, 0.1) is 0 Å². The van der Waals surface area contributed by atoms with Gasteiger partial charge in [0.15, 0.2) is 12.4 Å². The molecule has 104 valence electrons. The molecule has 2 rings (SSSR count). The van der Waals surface area contributed by atoms with Crippen molar-refractivity contribution in [3.8, 4) is 5.75 Å². The maximum Gasteiger partial charge on any atom is 0.200 e. The number of rotatable bonds is 5. The number of carbonyl (C=O) groups excluding carboxylic acids is 1. The zero-order chi connectivity index (χ0) is 14.5. The first-order chi connectivity index (χ1) is 9.60. The maximum atomic E-state index is 12.0. The van der Waals surface area contributed by atoms with Gasteiger partial charge in [0.2, 0.25) is 0 Å². The van der Waals surface area contributed by atoms with Crippen LogP contribution in [0.25, 0.3) is 0 Å². The molecule has 2 aromatic rings. The summed E-state index contributed by atoms with van der Waals surface area (Å²) in [7, 11) is 0. The Hall–Kier alpha value is -1.07. The first-order valence-electron chi connectivity index (χ1n) is 6.30. The largest absolute Gasteiger partial charge is 0.485 e. The van der Waals surface area contributed by atoms with Crippen molar-refractivity contribution in [2.45, 2.75) is 13.3 Å². The number of ether oxygens (including phenoxy) is 1. The van der Waals surface area contributed by atoms with E-state index in [1.165, 1.54) is 0 Å². The number of aryl methyl sites for hydroxylation is 1. The van der Waals surface area contributed by atoms with Gasteiger partial charge in [-0.2, -0.15) is 0 Å². The minimum absolute atomic E-state index is 0.0330. The lowest BCUT2D eigenvalue weighted by Gasteiger charge is -2.08. The molecule has 0 bridgehead atoms. The molecule has 0 radical (unpaired) electrons. The van der Waals surface area contributed by atoms with Crippen molar-refractivity contribution in [3.63, 3.8) is 0 Å². The normalized spacial score (nSPS) is 10.3. The smallest absolute Gasteiger partial charge is 0.200 e. The van der Waals surface area contributed by atoms with Gasteiger partial charge in [-0.05, 0) is 64.9 Å². The number of hydrogen-bond acceptors (Lipinski definition) is 2. The van der Waals surface area contributed by atoms with E-state index in [0.717, 1.165) is 20.6 Å². The lowest BCUT2D eigenvalue weighted by atomic mass is 10.1. The van der Waals surface area contributed by atoms with Crippen molar-refractivity contribution in [3.05, 3.63) is 62.2 Å². The number of halogens is 2. The van der Waals surface area contributed by atoms with E-state index in [1.807, 2.05) is 37.3 Å². The Morgan fingerprint density at radius 2 is 1.90 bits per heavy atom. The predicted molar refractivity (Wildman–Crippen MR) is 89.8 cm³/mol. The Kier molecular flexibility index (Phi) is 5.43. The van der Waals surface area contributed by atoms with E-state index in [4.69, 9.17) is 16.3 Å². The molecule has 2 nitrogen and oxygen atoms in total. The van der Waals surface area contributed by atoms with E-state index in [9.17, 15) is 4.79 Å². The molecule has 4 heteroatoms. The van der Waals surface area contributed by atoms with Crippen molar-refractivity contribution in [2.24, 2.45) is 0 Å². The highest BCUT2D eigenvalue weighted by Crippen LogP contribution is 2.22. The van der Waals surface area contributed by atoms with Crippen LogP contribution < -0.4 is 4.74 Å². The van der Waals surface area contributed by atoms with E-state index in [1.54, 1.807) is 12.1 Å². The molecule has 0 N–H and O–H groups in total. The van der Waals surface area contributed by atoms with E-state index >= 15 is 0 Å². The second kappa shape index (κ2) is 7.09. The van der Waals surface area contributed by atoms with Gasteiger partial charge >= 0.3 is 0 Å². The van der Waals surface area contributed by atoms with Gasteiger partial charge in [0, 0.05) is 14.2 Å². The third-order valence-corrected chi connectivity index (χ3v) is 4.02. The third kappa shape index (κ3) is 3.96. The summed E-state index contributed by atoms with van der Waals surface area (Å²) in [6.45, 7) is 2.06. The molecule has 2 aromatic carbocycles. The fourth-order valence-electron chi connectivity index (χ4n) is 1.78. The third-order valence-electron chi connectivity index (χ3n) is 2.93. The molecule has 20 heavy (non-hydrogen) atoms. The van der Waals surface area contributed by atoms with Crippen LogP contribution in [0.4, 0.5) is 0 Å². The molecule has 0 aliphatic carbocycles. The highest BCUT2D eigenvalue weighted by atomic mass is 127. The standard InChI is InChI=1S/C16H14ClIO2/c1-2-11-9-14(7-8-15(11)17)20-10-16(19)12-3-5-13(18)6-4-12/h3-9H,2,10H2,1H3. The van der Waals surface area contributed by atoms with E-state index < -0.39 is 0 Å². The minimum atomic E-state index is -0.0330. The first kappa shape index (κ1) is 15.3. The van der Waals surface area contributed by atoms with Crippen LogP contribution in [0.5, 0.6) is 5.75 Å². The van der Waals surface area contributed by atoms with Crippen LogP contribution in [0.2, 0.25) is 5.02 Å². The molecule has 0 aliphatic rings. The van der Waals surface area contributed by atoms with Crippen LogP contribution in [0, 0.1) is 3.57 Å². The molecule has 0 saturated heterocycles. The molecule has 0 heterocycles. The van der Waals surface area contributed by atoms with Crippen molar-refractivity contribution in [1.82, 2.24) is 0 Å². The lowest BCUT2D eigenvalue weighted by Crippen LogP contribution is -2.11. The Labute approximate surface area is 137 Å². The molecule has 0 amide bonds. The zero-order valence-corrected chi connectivity index (χ0v) is 13.9. The van der Waals surface area contributed by atoms with Gasteiger partial charge in [0.1, 0.15) is 5.75 Å². The summed E-state index contributed by atoms with van der Waals surface area (Å²) >= 11 is 8.25. The molecule has 0 saturated carbocycles. The van der Waals surface area contributed by atoms with Gasteiger partial charge in [-0.1, -0.05) is 30.7 Å². The molecular weight excluding hydrogens is 387 g/mol. The summed E-state index contributed by atoms with van der Waals surface area (Å²) in [4.78, 5) is 12.0. The van der Waals surface area contributed by atoms with Crippen molar-refractivity contribution in [2.75, 3.05) is 6.61 Å². The second-order valence-corrected chi connectivity index (χ2v) is 5.98. The van der Waals surface area contributed by atoms with Crippen LogP contribution in [0.15, 0.2) is 42.5 Å². The number of carbonyl (C=O) groups is 1. The number of hydrogen-bond donors (Lipinski definition) is 0. The van der Waals surface area contributed by atoms with E-state index in [0.29, 0.717) is 11.3 Å². The minimum Gasteiger partial charge on any atom is -0.485 e. The monoisotopic (exact) mass is 400 g/mol. The summed E-state index contributed by atoms with van der Waals surface area (Å²) in [6, 6.07) is 12.9. The highest BCUT2D eigenvalue weighted by molar-refractivity contribution is 14.1. The van der Waals surface area contributed by atoms with Crippen molar-refractivity contribution < 1.29 is 9.53 Å². The van der Waals surface area contributed by atoms with Crippen LogP contribution in [0.1, 0.15) is 22.8 Å². The molecule has 0 spiro atoms. The van der Waals surface area contributed by atoms with Gasteiger partial charge < -0.3 is 4.74 Å². The topological polar surface area (TPSA) is 26.3 Å². The van der Waals surface area contributed by atoms with Gasteiger partial charge in [-0.3, -0.25) is 4.79 Å². The number of benzene rings is 2. The lowest BCUT2D eigenvalue weighted by molar-refractivity contribution is 0.0921. The van der Waals surface area contributed by atoms with Crippen molar-refractivity contribution >= 4 is 40.0 Å². The van der Waals surface area contributed by atoms with Crippen LogP contribution in [0.3, 0.4) is 0 Å². The fraction of sp³-hybridized carbons (Fsp3) is 0.188. The Bertz CT molecular complexity index is 608. The van der Waals surface area contributed by atoms with Gasteiger partial charge in [-0.25, -0.2) is 0 Å². The quantitative estimate of drug-likeness (QED) is 0.534. The zero-order valence-electron chi connectivity index (χ0n) is 11.0. The van der Waals surface area contributed by atoms with Crippen molar-refractivity contribution in [1.29, 1.82) is 0 Å². The van der Waals surface area contributed by atoms with E-state index in [2.05, 4.69) is 22.6 Å². The molecule has 0 aliphatic heterocycles. The molecule has 0 atom stereocenters. The van der Waals surface area contributed by atoms with Gasteiger partial charge in [-0.15, -0.1) is 0 Å². The first-order valence-corrected chi connectivity index (χ1v) is 7.76. The Morgan fingerprint density at radius 3 is 2.55 bits per heavy atom.